The van der Waals surface area contributed by atoms with Crippen molar-refractivity contribution in [2.75, 3.05) is 0 Å². The Morgan fingerprint density at radius 2 is 1.90 bits per heavy atom. The van der Waals surface area contributed by atoms with E-state index >= 15 is 0 Å². The summed E-state index contributed by atoms with van der Waals surface area (Å²) in [5.41, 5.74) is 1.28. The summed E-state index contributed by atoms with van der Waals surface area (Å²) in [5.74, 6) is 0.666. The Labute approximate surface area is 124 Å². The fraction of sp³-hybridized carbons (Fsp3) is 0.154. The van der Waals surface area contributed by atoms with Crippen molar-refractivity contribution in [2.24, 2.45) is 0 Å². The van der Waals surface area contributed by atoms with E-state index in [0.29, 0.717) is 23.0 Å². The van der Waals surface area contributed by atoms with Gasteiger partial charge in [0.05, 0.1) is 0 Å². The molecule has 0 amide bonds. The van der Waals surface area contributed by atoms with Gasteiger partial charge in [-0.2, -0.15) is 4.98 Å². The van der Waals surface area contributed by atoms with Crippen LogP contribution in [0.2, 0.25) is 10.3 Å². The molecule has 0 bridgehead atoms. The molecule has 3 aromatic rings. The number of H-pyrrole nitrogens is 1. The van der Waals surface area contributed by atoms with E-state index in [0.717, 1.165) is 5.56 Å². The largest absolute Gasteiger partial charge is 0.309 e. The number of aromatic amines is 1. The first-order valence-corrected chi connectivity index (χ1v) is 6.77. The number of halogens is 2. The third-order valence-electron chi connectivity index (χ3n) is 3.00. The fourth-order valence-corrected chi connectivity index (χ4v) is 2.39. The van der Waals surface area contributed by atoms with Gasteiger partial charge in [0.2, 0.25) is 5.28 Å². The number of aryl methyl sites for hydroxylation is 1. The highest BCUT2D eigenvalue weighted by atomic mass is 35.5. The highest BCUT2D eigenvalue weighted by Gasteiger charge is 2.15. The van der Waals surface area contributed by atoms with Gasteiger partial charge in [-0.25, -0.2) is 4.98 Å². The molecule has 0 aliphatic heterocycles. The quantitative estimate of drug-likeness (QED) is 0.740. The molecule has 0 atom stereocenters. The van der Waals surface area contributed by atoms with Crippen molar-refractivity contribution in [1.29, 1.82) is 0 Å². The second-order valence-electron chi connectivity index (χ2n) is 4.22. The number of imidazole rings is 1. The van der Waals surface area contributed by atoms with Crippen LogP contribution in [0.15, 0.2) is 29.1 Å². The van der Waals surface area contributed by atoms with Crippen molar-refractivity contribution in [1.82, 2.24) is 19.5 Å². The molecule has 0 fully saturated rings. The Balaban J connectivity index is 2.33. The zero-order valence-corrected chi connectivity index (χ0v) is 12.0. The van der Waals surface area contributed by atoms with Gasteiger partial charge in [-0.3, -0.25) is 9.78 Å². The summed E-state index contributed by atoms with van der Waals surface area (Å²) < 4.78 is 1.85. The van der Waals surface area contributed by atoms with Gasteiger partial charge in [0.15, 0.2) is 11.2 Å². The second-order valence-corrected chi connectivity index (χ2v) is 5.01. The Kier molecular flexibility index (Phi) is 3.23. The minimum absolute atomic E-state index is 0.0553. The third-order valence-corrected chi connectivity index (χ3v) is 3.43. The molecule has 0 radical (unpaired) electrons. The van der Waals surface area contributed by atoms with Gasteiger partial charge in [-0.15, -0.1) is 0 Å². The van der Waals surface area contributed by atoms with Gasteiger partial charge in [-0.1, -0.05) is 11.6 Å². The molecule has 0 aliphatic carbocycles. The van der Waals surface area contributed by atoms with E-state index in [1.807, 2.05) is 23.6 Å². The summed E-state index contributed by atoms with van der Waals surface area (Å²) in [6.45, 7) is 2.58. The lowest BCUT2D eigenvalue weighted by Gasteiger charge is -2.05. The SMILES string of the molecule is CCn1c(-c2ccc(Cl)cc2)nc2c(=O)[nH]c(Cl)nc21. The Hall–Kier alpha value is -1.85. The number of fused-ring (bicyclic) bond motifs is 1. The van der Waals surface area contributed by atoms with Crippen LogP contribution in [0.5, 0.6) is 0 Å². The lowest BCUT2D eigenvalue weighted by molar-refractivity contribution is 0.786. The molecule has 20 heavy (non-hydrogen) atoms. The molecule has 7 heteroatoms. The van der Waals surface area contributed by atoms with Gasteiger partial charge < -0.3 is 4.57 Å². The van der Waals surface area contributed by atoms with Gasteiger partial charge in [0.1, 0.15) is 5.82 Å². The molecule has 0 unspecified atom stereocenters. The molecule has 0 saturated heterocycles. The Bertz CT molecular complexity index is 836. The van der Waals surface area contributed by atoms with Crippen LogP contribution >= 0.6 is 23.2 Å². The van der Waals surface area contributed by atoms with Gasteiger partial charge >= 0.3 is 0 Å². The van der Waals surface area contributed by atoms with E-state index in [1.165, 1.54) is 0 Å². The van der Waals surface area contributed by atoms with E-state index in [-0.39, 0.29) is 16.4 Å². The molecule has 0 saturated carbocycles. The Morgan fingerprint density at radius 3 is 2.55 bits per heavy atom. The van der Waals surface area contributed by atoms with Crippen molar-refractivity contribution in [3.8, 4) is 11.4 Å². The van der Waals surface area contributed by atoms with E-state index in [2.05, 4.69) is 15.0 Å². The number of hydrogen-bond acceptors (Lipinski definition) is 3. The average Bonchev–Trinajstić information content (AvgIpc) is 2.78. The minimum atomic E-state index is -0.345. The molecule has 0 aliphatic rings. The molecule has 5 nitrogen and oxygen atoms in total. The van der Waals surface area contributed by atoms with Crippen LogP contribution in [0.25, 0.3) is 22.6 Å². The molecular formula is C13H10Cl2N4O. The molecular weight excluding hydrogens is 299 g/mol. The van der Waals surface area contributed by atoms with E-state index in [1.54, 1.807) is 12.1 Å². The summed E-state index contributed by atoms with van der Waals surface area (Å²) >= 11 is 11.7. The summed E-state index contributed by atoms with van der Waals surface area (Å²) in [7, 11) is 0. The fourth-order valence-electron chi connectivity index (χ4n) is 2.10. The highest BCUT2D eigenvalue weighted by molar-refractivity contribution is 6.30. The standard InChI is InChI=1S/C13H10Cl2N4O/c1-2-19-10(7-3-5-8(14)6-4-7)16-9-11(19)17-13(15)18-12(9)20/h3-6H,2H2,1H3,(H,17,18,20). The van der Waals surface area contributed by atoms with Crippen molar-refractivity contribution in [2.45, 2.75) is 13.5 Å². The number of aromatic nitrogens is 4. The van der Waals surface area contributed by atoms with E-state index < -0.39 is 0 Å². The van der Waals surface area contributed by atoms with Crippen LogP contribution in [0.3, 0.4) is 0 Å². The first kappa shape index (κ1) is 13.1. The maximum absolute atomic E-state index is 11.9. The smallest absolute Gasteiger partial charge is 0.280 e. The summed E-state index contributed by atoms with van der Waals surface area (Å²) in [6, 6.07) is 7.26. The van der Waals surface area contributed by atoms with Crippen molar-refractivity contribution < 1.29 is 0 Å². The van der Waals surface area contributed by atoms with Crippen LogP contribution < -0.4 is 5.56 Å². The highest BCUT2D eigenvalue weighted by Crippen LogP contribution is 2.24. The van der Waals surface area contributed by atoms with Crippen molar-refractivity contribution in [3.05, 3.63) is 44.9 Å². The summed E-state index contributed by atoms with van der Waals surface area (Å²) in [4.78, 5) is 22.9. The number of hydrogen-bond donors (Lipinski definition) is 1. The number of benzene rings is 1. The predicted molar refractivity (Wildman–Crippen MR) is 79.3 cm³/mol. The Morgan fingerprint density at radius 1 is 1.20 bits per heavy atom. The molecule has 102 valence electrons. The molecule has 2 heterocycles. The lowest BCUT2D eigenvalue weighted by Crippen LogP contribution is -2.08. The summed E-state index contributed by atoms with van der Waals surface area (Å²) in [5, 5.41) is 0.701. The first-order chi connectivity index (χ1) is 9.60. The van der Waals surface area contributed by atoms with Crippen LogP contribution in [0.4, 0.5) is 0 Å². The maximum Gasteiger partial charge on any atom is 0.280 e. The molecule has 2 aromatic heterocycles. The normalized spacial score (nSPS) is 11.2. The first-order valence-electron chi connectivity index (χ1n) is 6.02. The predicted octanol–water partition coefficient (Wildman–Crippen LogP) is 3.11. The maximum atomic E-state index is 11.9. The molecule has 1 N–H and O–H groups in total. The van der Waals surface area contributed by atoms with Gasteiger partial charge in [0.25, 0.3) is 5.56 Å². The van der Waals surface area contributed by atoms with Crippen LogP contribution in [0.1, 0.15) is 6.92 Å². The molecule has 0 spiro atoms. The third kappa shape index (κ3) is 2.09. The number of rotatable bonds is 2. The van der Waals surface area contributed by atoms with Crippen molar-refractivity contribution >= 4 is 34.4 Å². The van der Waals surface area contributed by atoms with Crippen molar-refractivity contribution in [3.63, 3.8) is 0 Å². The minimum Gasteiger partial charge on any atom is -0.309 e. The van der Waals surface area contributed by atoms with Crippen LogP contribution in [0, 0.1) is 0 Å². The topological polar surface area (TPSA) is 63.6 Å². The zero-order chi connectivity index (χ0) is 14.3. The summed E-state index contributed by atoms with van der Waals surface area (Å²) in [6.07, 6.45) is 0. The van der Waals surface area contributed by atoms with Gasteiger partial charge in [-0.05, 0) is 42.8 Å². The van der Waals surface area contributed by atoms with E-state index in [9.17, 15) is 4.79 Å². The van der Waals surface area contributed by atoms with Crippen LogP contribution in [-0.4, -0.2) is 19.5 Å². The second kappa shape index (κ2) is 4.92. The average molecular weight is 309 g/mol. The zero-order valence-electron chi connectivity index (χ0n) is 10.5. The monoisotopic (exact) mass is 308 g/mol. The van der Waals surface area contributed by atoms with Crippen LogP contribution in [-0.2, 0) is 6.54 Å². The number of nitrogens with zero attached hydrogens (tertiary/aromatic N) is 3. The van der Waals surface area contributed by atoms with Gasteiger partial charge in [0, 0.05) is 17.1 Å². The molecule has 1 aromatic carbocycles. The number of nitrogens with one attached hydrogen (secondary N) is 1. The van der Waals surface area contributed by atoms with E-state index in [4.69, 9.17) is 23.2 Å². The molecule has 3 rings (SSSR count). The lowest BCUT2D eigenvalue weighted by atomic mass is 10.2.